The molecule has 0 fully saturated rings. The van der Waals surface area contributed by atoms with Crippen molar-refractivity contribution in [3.63, 3.8) is 0 Å². The van der Waals surface area contributed by atoms with Gasteiger partial charge in [0.25, 0.3) is 0 Å². The molecular formula is C16H12ClF4N3S. The summed E-state index contributed by atoms with van der Waals surface area (Å²) in [6, 6.07) is 10.9. The summed E-state index contributed by atoms with van der Waals surface area (Å²) in [4.78, 5) is 0. The van der Waals surface area contributed by atoms with Gasteiger partial charge in [-0.05, 0) is 17.7 Å². The number of nitrogens with two attached hydrogens (primary N) is 1. The van der Waals surface area contributed by atoms with E-state index >= 15 is 0 Å². The Morgan fingerprint density at radius 2 is 1.84 bits per heavy atom. The van der Waals surface area contributed by atoms with Crippen molar-refractivity contribution < 1.29 is 17.6 Å². The van der Waals surface area contributed by atoms with E-state index in [0.717, 1.165) is 23.4 Å². The Kier molecular flexibility index (Phi) is 6.44. The summed E-state index contributed by atoms with van der Waals surface area (Å²) in [6.07, 6.45) is -4.09. The molecule has 0 aromatic heterocycles. The van der Waals surface area contributed by atoms with Crippen LogP contribution in [0, 0.1) is 5.82 Å². The topological polar surface area (TPSA) is 50.7 Å². The smallest absolute Gasteiger partial charge is 0.377 e. The van der Waals surface area contributed by atoms with Gasteiger partial charge in [0.1, 0.15) is 0 Å². The quantitative estimate of drug-likeness (QED) is 0.343. The standard InChI is InChI=1S/C16H12ClF4N3S/c17-13-7-6-12(16(19,20)21)11(14(13)18)8-23-24-15(22)25-9-10-4-2-1-3-5-10/h1-8H,9H2,(H2,22,24). The molecule has 132 valence electrons. The summed E-state index contributed by atoms with van der Waals surface area (Å²) in [5, 5.41) is 6.62. The fourth-order valence-electron chi connectivity index (χ4n) is 1.84. The molecule has 25 heavy (non-hydrogen) atoms. The first-order valence-electron chi connectivity index (χ1n) is 6.87. The largest absolute Gasteiger partial charge is 0.417 e. The zero-order valence-corrected chi connectivity index (χ0v) is 14.2. The van der Waals surface area contributed by atoms with E-state index in [9.17, 15) is 17.6 Å². The monoisotopic (exact) mass is 389 g/mol. The highest BCUT2D eigenvalue weighted by Gasteiger charge is 2.34. The van der Waals surface area contributed by atoms with Gasteiger partial charge in [-0.1, -0.05) is 53.7 Å². The molecule has 0 bridgehead atoms. The first-order chi connectivity index (χ1) is 11.8. The lowest BCUT2D eigenvalue weighted by Crippen LogP contribution is -2.11. The van der Waals surface area contributed by atoms with Crippen molar-refractivity contribution in [1.82, 2.24) is 0 Å². The van der Waals surface area contributed by atoms with Crippen LogP contribution in [-0.2, 0) is 11.9 Å². The molecule has 2 aromatic carbocycles. The van der Waals surface area contributed by atoms with Crippen LogP contribution in [-0.4, -0.2) is 11.4 Å². The number of benzene rings is 2. The molecule has 0 heterocycles. The van der Waals surface area contributed by atoms with Crippen LogP contribution in [0.3, 0.4) is 0 Å². The van der Waals surface area contributed by atoms with Crippen LogP contribution in [0.5, 0.6) is 0 Å². The number of rotatable bonds is 4. The van der Waals surface area contributed by atoms with Gasteiger partial charge in [0, 0.05) is 11.3 Å². The summed E-state index contributed by atoms with van der Waals surface area (Å²) < 4.78 is 52.6. The maximum atomic E-state index is 13.9. The minimum absolute atomic E-state index is 0.0381. The average Bonchev–Trinajstić information content (AvgIpc) is 2.56. The highest BCUT2D eigenvalue weighted by molar-refractivity contribution is 8.13. The number of hydrogen-bond donors (Lipinski definition) is 1. The summed E-state index contributed by atoms with van der Waals surface area (Å²) in [6.45, 7) is 0. The fourth-order valence-corrected chi connectivity index (χ4v) is 2.62. The predicted molar refractivity (Wildman–Crippen MR) is 93.4 cm³/mol. The molecular weight excluding hydrogens is 378 g/mol. The highest BCUT2D eigenvalue weighted by atomic mass is 35.5. The number of alkyl halides is 3. The summed E-state index contributed by atoms with van der Waals surface area (Å²) >= 11 is 6.68. The van der Waals surface area contributed by atoms with E-state index in [0.29, 0.717) is 18.0 Å². The molecule has 0 saturated heterocycles. The Morgan fingerprint density at radius 3 is 2.48 bits per heavy atom. The minimum Gasteiger partial charge on any atom is -0.377 e. The maximum absolute atomic E-state index is 13.9. The zero-order valence-electron chi connectivity index (χ0n) is 12.6. The predicted octanol–water partition coefficient (Wildman–Crippen LogP) is 5.08. The molecule has 2 aromatic rings. The lowest BCUT2D eigenvalue weighted by Gasteiger charge is -2.11. The Balaban J connectivity index is 2.14. The highest BCUT2D eigenvalue weighted by Crippen LogP contribution is 2.34. The zero-order chi connectivity index (χ0) is 18.4. The van der Waals surface area contributed by atoms with Gasteiger partial charge < -0.3 is 5.73 Å². The van der Waals surface area contributed by atoms with E-state index in [1.54, 1.807) is 0 Å². The van der Waals surface area contributed by atoms with Crippen LogP contribution in [0.2, 0.25) is 5.02 Å². The summed E-state index contributed by atoms with van der Waals surface area (Å²) in [5.74, 6) is -0.698. The third-order valence-electron chi connectivity index (χ3n) is 3.01. The van der Waals surface area contributed by atoms with Gasteiger partial charge >= 0.3 is 6.18 Å². The third-order valence-corrected chi connectivity index (χ3v) is 4.16. The first kappa shape index (κ1) is 19.3. The molecule has 0 atom stereocenters. The molecule has 0 aliphatic heterocycles. The second-order valence-corrected chi connectivity index (χ2v) is 6.18. The number of thioether (sulfide) groups is 1. The Morgan fingerprint density at radius 1 is 1.16 bits per heavy atom. The van der Waals surface area contributed by atoms with Crippen LogP contribution in [0.1, 0.15) is 16.7 Å². The molecule has 0 spiro atoms. The second kappa shape index (κ2) is 8.35. The Labute approximate surface area is 150 Å². The van der Waals surface area contributed by atoms with Gasteiger partial charge in [-0.15, -0.1) is 5.10 Å². The maximum Gasteiger partial charge on any atom is 0.417 e. The lowest BCUT2D eigenvalue weighted by molar-refractivity contribution is -0.137. The normalized spacial score (nSPS) is 12.8. The Bertz CT molecular complexity index is 792. The van der Waals surface area contributed by atoms with Crippen molar-refractivity contribution in [2.45, 2.75) is 11.9 Å². The van der Waals surface area contributed by atoms with E-state index in [2.05, 4.69) is 10.2 Å². The fraction of sp³-hybridized carbons (Fsp3) is 0.125. The van der Waals surface area contributed by atoms with Crippen molar-refractivity contribution in [1.29, 1.82) is 0 Å². The van der Waals surface area contributed by atoms with Gasteiger partial charge in [0.05, 0.1) is 16.8 Å². The molecule has 3 nitrogen and oxygen atoms in total. The van der Waals surface area contributed by atoms with Crippen molar-refractivity contribution in [2.24, 2.45) is 15.9 Å². The van der Waals surface area contributed by atoms with Gasteiger partial charge in [-0.2, -0.15) is 18.3 Å². The van der Waals surface area contributed by atoms with E-state index in [4.69, 9.17) is 17.3 Å². The van der Waals surface area contributed by atoms with Crippen molar-refractivity contribution in [3.8, 4) is 0 Å². The molecule has 2 rings (SSSR count). The van der Waals surface area contributed by atoms with Crippen molar-refractivity contribution >= 4 is 34.7 Å². The number of amidine groups is 1. The number of hydrogen-bond acceptors (Lipinski definition) is 3. The van der Waals surface area contributed by atoms with Crippen molar-refractivity contribution in [2.75, 3.05) is 0 Å². The lowest BCUT2D eigenvalue weighted by atomic mass is 10.1. The van der Waals surface area contributed by atoms with Crippen LogP contribution >= 0.6 is 23.4 Å². The van der Waals surface area contributed by atoms with E-state index in [1.165, 1.54) is 0 Å². The first-order valence-corrected chi connectivity index (χ1v) is 8.24. The molecule has 2 N–H and O–H groups in total. The average molecular weight is 390 g/mol. The molecule has 0 radical (unpaired) electrons. The molecule has 9 heteroatoms. The third kappa shape index (κ3) is 5.47. The molecule has 0 aliphatic carbocycles. The molecule has 0 saturated carbocycles. The molecule has 0 amide bonds. The van der Waals surface area contributed by atoms with Gasteiger partial charge in [-0.3, -0.25) is 0 Å². The van der Waals surface area contributed by atoms with Crippen LogP contribution < -0.4 is 5.73 Å². The molecule has 0 aliphatic rings. The van der Waals surface area contributed by atoms with Crippen molar-refractivity contribution in [3.05, 3.63) is 70.0 Å². The minimum atomic E-state index is -4.75. The van der Waals surface area contributed by atoms with E-state index < -0.39 is 28.1 Å². The number of nitrogens with zero attached hydrogens (tertiary/aromatic N) is 2. The summed E-state index contributed by atoms with van der Waals surface area (Å²) in [5.41, 5.74) is 4.65. The van der Waals surface area contributed by atoms with Crippen LogP contribution in [0.15, 0.2) is 52.7 Å². The second-order valence-electron chi connectivity index (χ2n) is 4.78. The van der Waals surface area contributed by atoms with E-state index in [1.807, 2.05) is 30.3 Å². The SMILES string of the molecule is NC(=NN=Cc1c(C(F)(F)F)ccc(Cl)c1F)SCc1ccccc1. The Hall–Kier alpha value is -2.06. The summed E-state index contributed by atoms with van der Waals surface area (Å²) in [7, 11) is 0. The van der Waals surface area contributed by atoms with Crippen LogP contribution in [0.25, 0.3) is 0 Å². The number of halogens is 5. The van der Waals surface area contributed by atoms with E-state index in [-0.39, 0.29) is 5.17 Å². The van der Waals surface area contributed by atoms with Gasteiger partial charge in [0.15, 0.2) is 11.0 Å². The van der Waals surface area contributed by atoms with Crippen LogP contribution in [0.4, 0.5) is 17.6 Å². The van der Waals surface area contributed by atoms with Gasteiger partial charge in [0.2, 0.25) is 0 Å². The molecule has 0 unspecified atom stereocenters. The van der Waals surface area contributed by atoms with Gasteiger partial charge in [-0.25, -0.2) is 4.39 Å².